The molecule has 8 heteroatoms. The van der Waals surface area contributed by atoms with E-state index in [4.69, 9.17) is 15.9 Å². The summed E-state index contributed by atoms with van der Waals surface area (Å²) >= 11 is 0. The summed E-state index contributed by atoms with van der Waals surface area (Å²) in [6.07, 6.45) is 3.52. The standard InChI is InChI=1S/C12H12N2O6/c1-2-6-3-14(11(18)13-9(6)17)10-7-8(16)12(4-15,20-10)5-19-7/h1,3,7-8,10,15-16H,4-5H2,(H,13,17,18)/t7?,8-,10-,12+/m1/s1. The molecule has 2 bridgehead atoms. The minimum absolute atomic E-state index is 0.0337. The minimum atomic E-state index is -1.25. The van der Waals surface area contributed by atoms with Crippen LogP contribution < -0.4 is 11.2 Å². The van der Waals surface area contributed by atoms with Gasteiger partial charge in [0.1, 0.15) is 23.4 Å². The summed E-state index contributed by atoms with van der Waals surface area (Å²) in [5.41, 5.74) is -2.68. The van der Waals surface area contributed by atoms with Crippen LogP contribution in [0.5, 0.6) is 0 Å². The average Bonchev–Trinajstić information content (AvgIpc) is 2.90. The van der Waals surface area contributed by atoms with E-state index < -0.39 is 41.9 Å². The molecule has 0 aliphatic carbocycles. The fourth-order valence-corrected chi connectivity index (χ4v) is 2.53. The number of hydrogen-bond donors (Lipinski definition) is 3. The molecule has 2 aliphatic rings. The van der Waals surface area contributed by atoms with E-state index in [9.17, 15) is 19.8 Å². The molecule has 1 unspecified atom stereocenters. The van der Waals surface area contributed by atoms with Gasteiger partial charge in [0.2, 0.25) is 0 Å². The van der Waals surface area contributed by atoms with E-state index in [2.05, 4.69) is 10.9 Å². The van der Waals surface area contributed by atoms with Crippen LogP contribution in [0, 0.1) is 12.3 Å². The topological polar surface area (TPSA) is 114 Å². The molecule has 4 atom stereocenters. The van der Waals surface area contributed by atoms with Crippen LogP contribution in [0.1, 0.15) is 11.8 Å². The second-order valence-corrected chi connectivity index (χ2v) is 4.81. The monoisotopic (exact) mass is 280 g/mol. The Labute approximate surface area is 112 Å². The number of aromatic amines is 1. The molecule has 8 nitrogen and oxygen atoms in total. The highest BCUT2D eigenvalue weighted by molar-refractivity contribution is 5.26. The molecule has 1 aromatic rings. The highest BCUT2D eigenvalue weighted by atomic mass is 16.7. The van der Waals surface area contributed by atoms with Gasteiger partial charge in [-0.3, -0.25) is 14.3 Å². The van der Waals surface area contributed by atoms with Crippen molar-refractivity contribution < 1.29 is 19.7 Å². The Morgan fingerprint density at radius 1 is 1.60 bits per heavy atom. The Hall–Kier alpha value is -1.92. The number of aromatic nitrogens is 2. The van der Waals surface area contributed by atoms with E-state index in [-0.39, 0.29) is 12.2 Å². The summed E-state index contributed by atoms with van der Waals surface area (Å²) < 4.78 is 12.0. The first kappa shape index (κ1) is 13.1. The van der Waals surface area contributed by atoms with Crippen LogP contribution in [0.3, 0.4) is 0 Å². The molecule has 0 saturated carbocycles. The summed E-state index contributed by atoms with van der Waals surface area (Å²) in [5, 5.41) is 19.4. The quantitative estimate of drug-likeness (QED) is 0.518. The largest absolute Gasteiger partial charge is 0.393 e. The molecule has 0 radical (unpaired) electrons. The number of ether oxygens (including phenoxy) is 2. The molecule has 106 valence electrons. The van der Waals surface area contributed by atoms with Crippen molar-refractivity contribution in [2.24, 2.45) is 0 Å². The van der Waals surface area contributed by atoms with E-state index in [1.807, 2.05) is 0 Å². The van der Waals surface area contributed by atoms with Gasteiger partial charge in [0.25, 0.3) is 5.56 Å². The summed E-state index contributed by atoms with van der Waals surface area (Å²) in [4.78, 5) is 25.3. The molecule has 2 aliphatic heterocycles. The lowest BCUT2D eigenvalue weighted by Gasteiger charge is -2.29. The minimum Gasteiger partial charge on any atom is -0.393 e. The van der Waals surface area contributed by atoms with Crippen molar-refractivity contribution >= 4 is 0 Å². The number of nitrogens with one attached hydrogen (secondary N) is 1. The Kier molecular flexibility index (Phi) is 2.81. The molecule has 3 rings (SSSR count). The lowest BCUT2D eigenvalue weighted by atomic mass is 10.0. The number of aliphatic hydroxyl groups excluding tert-OH is 2. The first-order chi connectivity index (χ1) is 9.52. The van der Waals surface area contributed by atoms with E-state index in [0.29, 0.717) is 0 Å². The smallest absolute Gasteiger partial charge is 0.330 e. The number of terminal acetylenes is 1. The molecule has 2 fully saturated rings. The number of nitrogens with zero attached hydrogens (tertiary/aromatic N) is 1. The van der Waals surface area contributed by atoms with E-state index in [1.165, 1.54) is 6.20 Å². The number of H-pyrrole nitrogens is 1. The molecular formula is C12H12N2O6. The maximum Gasteiger partial charge on any atom is 0.330 e. The number of hydrogen-bond acceptors (Lipinski definition) is 6. The number of fused-ring (bicyclic) bond motifs is 2. The van der Waals surface area contributed by atoms with E-state index in [0.717, 1.165) is 4.57 Å². The third-order valence-electron chi connectivity index (χ3n) is 3.67. The number of rotatable bonds is 2. The van der Waals surface area contributed by atoms with Crippen molar-refractivity contribution in [2.75, 3.05) is 13.2 Å². The van der Waals surface area contributed by atoms with Gasteiger partial charge in [-0.15, -0.1) is 6.42 Å². The van der Waals surface area contributed by atoms with Gasteiger partial charge in [0.15, 0.2) is 6.23 Å². The Balaban J connectivity index is 2.07. The first-order valence-corrected chi connectivity index (χ1v) is 5.93. The first-order valence-electron chi connectivity index (χ1n) is 5.93. The molecule has 0 spiro atoms. The Morgan fingerprint density at radius 3 is 2.95 bits per heavy atom. The maximum absolute atomic E-state index is 11.8. The molecular weight excluding hydrogens is 268 g/mol. The predicted octanol–water partition coefficient (Wildman–Crippen LogP) is -2.46. The molecule has 2 saturated heterocycles. The zero-order chi connectivity index (χ0) is 14.5. The summed E-state index contributed by atoms with van der Waals surface area (Å²) in [5.74, 6) is 2.15. The van der Waals surface area contributed by atoms with Gasteiger partial charge in [0, 0.05) is 6.20 Å². The molecule has 1 aromatic heterocycles. The third kappa shape index (κ3) is 1.58. The van der Waals surface area contributed by atoms with Crippen LogP contribution in [0.2, 0.25) is 0 Å². The van der Waals surface area contributed by atoms with Crippen LogP contribution in [0.15, 0.2) is 15.8 Å². The Bertz CT molecular complexity index is 701. The van der Waals surface area contributed by atoms with E-state index in [1.54, 1.807) is 0 Å². The zero-order valence-corrected chi connectivity index (χ0v) is 10.3. The van der Waals surface area contributed by atoms with Crippen LogP contribution in [-0.4, -0.2) is 50.8 Å². The zero-order valence-electron chi connectivity index (χ0n) is 10.3. The molecule has 3 heterocycles. The third-order valence-corrected chi connectivity index (χ3v) is 3.67. The van der Waals surface area contributed by atoms with Gasteiger partial charge in [0.05, 0.1) is 13.2 Å². The van der Waals surface area contributed by atoms with Gasteiger partial charge < -0.3 is 19.7 Å². The summed E-state index contributed by atoms with van der Waals surface area (Å²) in [6.45, 7) is -0.410. The van der Waals surface area contributed by atoms with Crippen LogP contribution in [-0.2, 0) is 9.47 Å². The van der Waals surface area contributed by atoms with Crippen molar-refractivity contribution in [3.63, 3.8) is 0 Å². The normalized spacial score (nSPS) is 35.1. The van der Waals surface area contributed by atoms with Crippen LogP contribution in [0.25, 0.3) is 0 Å². The Morgan fingerprint density at radius 2 is 2.35 bits per heavy atom. The molecule has 20 heavy (non-hydrogen) atoms. The predicted molar refractivity (Wildman–Crippen MR) is 64.9 cm³/mol. The average molecular weight is 280 g/mol. The second-order valence-electron chi connectivity index (χ2n) is 4.81. The van der Waals surface area contributed by atoms with Crippen molar-refractivity contribution in [2.45, 2.75) is 24.0 Å². The molecule has 0 amide bonds. The van der Waals surface area contributed by atoms with Crippen LogP contribution in [0.4, 0.5) is 0 Å². The van der Waals surface area contributed by atoms with Crippen molar-refractivity contribution in [1.29, 1.82) is 0 Å². The van der Waals surface area contributed by atoms with Gasteiger partial charge in [-0.2, -0.15) is 0 Å². The van der Waals surface area contributed by atoms with Gasteiger partial charge >= 0.3 is 5.69 Å². The van der Waals surface area contributed by atoms with Gasteiger partial charge in [-0.05, 0) is 0 Å². The molecule has 3 N–H and O–H groups in total. The second kappa shape index (κ2) is 4.29. The van der Waals surface area contributed by atoms with Crippen molar-refractivity contribution in [1.82, 2.24) is 9.55 Å². The SMILES string of the molecule is C#Cc1cn([C@@H]2O[C@@]3(CO)COC2[C@H]3O)c(=O)[nH]c1=O. The van der Waals surface area contributed by atoms with Crippen LogP contribution >= 0.6 is 0 Å². The van der Waals surface area contributed by atoms with Crippen molar-refractivity contribution in [3.8, 4) is 12.3 Å². The maximum atomic E-state index is 11.8. The highest BCUT2D eigenvalue weighted by Gasteiger charge is 2.61. The van der Waals surface area contributed by atoms with Gasteiger partial charge in [-0.1, -0.05) is 5.92 Å². The lowest BCUT2D eigenvalue weighted by molar-refractivity contribution is -0.187. The fourth-order valence-electron chi connectivity index (χ4n) is 2.53. The van der Waals surface area contributed by atoms with E-state index >= 15 is 0 Å². The summed E-state index contributed by atoms with van der Waals surface area (Å²) in [7, 11) is 0. The fraction of sp³-hybridized carbons (Fsp3) is 0.500. The molecule has 0 aromatic carbocycles. The van der Waals surface area contributed by atoms with Gasteiger partial charge in [-0.25, -0.2) is 4.79 Å². The van der Waals surface area contributed by atoms with Crippen molar-refractivity contribution in [3.05, 3.63) is 32.6 Å². The lowest BCUT2D eigenvalue weighted by Crippen LogP contribution is -2.44. The highest BCUT2D eigenvalue weighted by Crippen LogP contribution is 2.44. The number of aliphatic hydroxyl groups is 2. The summed E-state index contributed by atoms with van der Waals surface area (Å²) in [6, 6.07) is 0.